The van der Waals surface area contributed by atoms with E-state index < -0.39 is 10.0 Å². The van der Waals surface area contributed by atoms with Crippen LogP contribution in [0, 0.1) is 28.6 Å². The fourth-order valence-electron chi connectivity index (χ4n) is 4.46. The third kappa shape index (κ3) is 5.54. The highest BCUT2D eigenvalue weighted by Gasteiger charge is 2.28. The fourth-order valence-corrected chi connectivity index (χ4v) is 5.71. The average Bonchev–Trinajstić information content (AvgIpc) is 3.24. The molecule has 178 valence electrons. The largest absolute Gasteiger partial charge is 0.490 e. The van der Waals surface area contributed by atoms with E-state index >= 15 is 0 Å². The summed E-state index contributed by atoms with van der Waals surface area (Å²) in [6.07, 6.45) is 2.92. The average molecular weight is 482 g/mol. The molecular formula is C24H27N5O4S. The first-order chi connectivity index (χ1) is 16.4. The molecule has 1 fully saturated rings. The molecular weight excluding hydrogens is 454 g/mol. The van der Waals surface area contributed by atoms with Crippen molar-refractivity contribution in [1.29, 1.82) is 10.5 Å². The van der Waals surface area contributed by atoms with Crippen LogP contribution in [0.4, 0.5) is 0 Å². The van der Waals surface area contributed by atoms with Gasteiger partial charge >= 0.3 is 0 Å². The Hall–Kier alpha value is -3.02. The minimum absolute atomic E-state index is 0.188. The van der Waals surface area contributed by atoms with Crippen LogP contribution in [-0.2, 0) is 29.7 Å². The predicted molar refractivity (Wildman–Crippen MR) is 124 cm³/mol. The van der Waals surface area contributed by atoms with Gasteiger partial charge in [0.05, 0.1) is 48.1 Å². The standard InChI is InChI=1S/C24H27N5O4S/c25-11-19-1-2-20-14-28(15-22(20)9-19)16-23-10-21(12-26)24(13-27-23)33-17-18-3-5-29(6-4-18)34(31,32)8-7-30/h1-2,9-10,13,18,30H,3-8,14-17H2. The topological polar surface area (TPSA) is 131 Å². The monoisotopic (exact) mass is 481 g/mol. The molecule has 0 aliphatic carbocycles. The zero-order valence-electron chi connectivity index (χ0n) is 18.9. The van der Waals surface area contributed by atoms with Gasteiger partial charge in [-0.3, -0.25) is 9.88 Å². The molecule has 0 amide bonds. The number of aliphatic hydroxyl groups excluding tert-OH is 1. The van der Waals surface area contributed by atoms with Gasteiger partial charge < -0.3 is 9.84 Å². The number of piperidine rings is 1. The van der Waals surface area contributed by atoms with Gasteiger partial charge in [0.2, 0.25) is 10.0 Å². The quantitative estimate of drug-likeness (QED) is 0.603. The first-order valence-corrected chi connectivity index (χ1v) is 12.9. The van der Waals surface area contributed by atoms with E-state index in [1.54, 1.807) is 12.3 Å². The molecule has 0 atom stereocenters. The van der Waals surface area contributed by atoms with Crippen LogP contribution < -0.4 is 4.74 Å². The highest BCUT2D eigenvalue weighted by atomic mass is 32.2. The molecule has 2 aliphatic heterocycles. The molecule has 0 radical (unpaired) electrons. The van der Waals surface area contributed by atoms with Crippen molar-refractivity contribution in [3.8, 4) is 17.9 Å². The SMILES string of the molecule is N#Cc1ccc2c(c1)CN(Cc1cc(C#N)c(OCC3CCN(S(=O)(=O)CCO)CC3)cn1)C2. The minimum atomic E-state index is -3.40. The molecule has 10 heteroatoms. The number of nitriles is 2. The molecule has 1 aromatic carbocycles. The van der Waals surface area contributed by atoms with E-state index in [4.69, 9.17) is 15.1 Å². The molecule has 2 aliphatic rings. The molecule has 1 saturated heterocycles. The number of rotatable bonds is 8. The molecule has 4 rings (SSSR count). The molecule has 34 heavy (non-hydrogen) atoms. The maximum absolute atomic E-state index is 12.1. The molecule has 9 nitrogen and oxygen atoms in total. The van der Waals surface area contributed by atoms with Gasteiger partial charge in [-0.15, -0.1) is 0 Å². The van der Waals surface area contributed by atoms with E-state index in [9.17, 15) is 13.7 Å². The summed E-state index contributed by atoms with van der Waals surface area (Å²) in [4.78, 5) is 6.71. The summed E-state index contributed by atoms with van der Waals surface area (Å²) in [7, 11) is -3.40. The van der Waals surface area contributed by atoms with Crippen LogP contribution in [0.5, 0.6) is 5.75 Å². The molecule has 0 bridgehead atoms. The predicted octanol–water partition coefficient (Wildman–Crippen LogP) is 1.75. The maximum Gasteiger partial charge on any atom is 0.216 e. The van der Waals surface area contributed by atoms with Crippen molar-refractivity contribution >= 4 is 10.0 Å². The van der Waals surface area contributed by atoms with Crippen molar-refractivity contribution in [2.45, 2.75) is 32.5 Å². The van der Waals surface area contributed by atoms with Crippen LogP contribution in [0.3, 0.4) is 0 Å². The van der Waals surface area contributed by atoms with Gasteiger partial charge in [-0.2, -0.15) is 10.5 Å². The van der Waals surface area contributed by atoms with Crippen LogP contribution in [0.2, 0.25) is 0 Å². The first kappa shape index (κ1) is 24.1. The normalized spacial score (nSPS) is 17.1. The summed E-state index contributed by atoms with van der Waals surface area (Å²) in [5, 5.41) is 27.6. The number of hydrogen-bond acceptors (Lipinski definition) is 8. The summed E-state index contributed by atoms with van der Waals surface area (Å²) in [6, 6.07) is 11.9. The third-order valence-corrected chi connectivity index (χ3v) is 8.19. The number of pyridine rings is 1. The number of ether oxygens (including phenoxy) is 1. The van der Waals surface area contributed by atoms with Gasteiger partial charge in [0.25, 0.3) is 0 Å². The van der Waals surface area contributed by atoms with Gasteiger partial charge in [0.15, 0.2) is 5.75 Å². The van der Waals surface area contributed by atoms with Gasteiger partial charge in [-0.05, 0) is 48.1 Å². The Labute approximate surface area is 199 Å². The molecule has 2 aromatic rings. The second-order valence-electron chi connectivity index (χ2n) is 8.72. The van der Waals surface area contributed by atoms with Crippen LogP contribution in [0.25, 0.3) is 0 Å². The van der Waals surface area contributed by atoms with Crippen molar-refractivity contribution in [2.75, 3.05) is 32.1 Å². The number of fused-ring (bicyclic) bond motifs is 1. The van der Waals surface area contributed by atoms with E-state index in [2.05, 4.69) is 22.0 Å². The summed E-state index contributed by atoms with van der Waals surface area (Å²) < 4.78 is 31.5. The molecule has 1 N–H and O–H groups in total. The molecule has 0 unspecified atom stereocenters. The highest BCUT2D eigenvalue weighted by molar-refractivity contribution is 7.89. The highest BCUT2D eigenvalue weighted by Crippen LogP contribution is 2.27. The van der Waals surface area contributed by atoms with Crippen LogP contribution in [0.15, 0.2) is 30.5 Å². The Morgan fingerprint density at radius 2 is 1.88 bits per heavy atom. The molecule has 0 saturated carbocycles. The van der Waals surface area contributed by atoms with Gasteiger partial charge in [0, 0.05) is 32.7 Å². The summed E-state index contributed by atoms with van der Waals surface area (Å²) in [5.41, 5.74) is 4.21. The van der Waals surface area contributed by atoms with Crippen molar-refractivity contribution < 1.29 is 18.3 Å². The number of hydrogen-bond donors (Lipinski definition) is 1. The Kier molecular flexibility index (Phi) is 7.44. The van der Waals surface area contributed by atoms with Gasteiger partial charge in [-0.1, -0.05) is 6.07 Å². The molecule has 1 aromatic heterocycles. The number of nitrogens with zero attached hydrogens (tertiary/aromatic N) is 5. The smallest absolute Gasteiger partial charge is 0.216 e. The van der Waals surface area contributed by atoms with Gasteiger partial charge in [0.1, 0.15) is 6.07 Å². The zero-order chi connectivity index (χ0) is 24.1. The van der Waals surface area contributed by atoms with Crippen LogP contribution in [0.1, 0.15) is 40.8 Å². The van der Waals surface area contributed by atoms with Crippen molar-refractivity contribution in [3.63, 3.8) is 0 Å². The Morgan fingerprint density at radius 3 is 2.59 bits per heavy atom. The van der Waals surface area contributed by atoms with E-state index in [0.717, 1.165) is 24.3 Å². The summed E-state index contributed by atoms with van der Waals surface area (Å²) in [6.45, 7) is 2.94. The number of aliphatic hydroxyl groups is 1. The van der Waals surface area contributed by atoms with Crippen molar-refractivity contribution in [2.24, 2.45) is 5.92 Å². The zero-order valence-corrected chi connectivity index (χ0v) is 19.7. The van der Waals surface area contributed by atoms with Crippen molar-refractivity contribution in [3.05, 3.63) is 58.4 Å². The lowest BCUT2D eigenvalue weighted by atomic mass is 9.99. The van der Waals surface area contributed by atoms with E-state index in [-0.39, 0.29) is 18.3 Å². The van der Waals surface area contributed by atoms with Crippen LogP contribution in [-0.4, -0.2) is 59.8 Å². The second-order valence-corrected chi connectivity index (χ2v) is 10.8. The summed E-state index contributed by atoms with van der Waals surface area (Å²) >= 11 is 0. The Bertz CT molecular complexity index is 1230. The number of benzene rings is 1. The van der Waals surface area contributed by atoms with E-state index in [0.29, 0.717) is 56.0 Å². The lowest BCUT2D eigenvalue weighted by Gasteiger charge is -2.31. The Morgan fingerprint density at radius 1 is 1.12 bits per heavy atom. The van der Waals surface area contributed by atoms with Gasteiger partial charge in [-0.25, -0.2) is 12.7 Å². The van der Waals surface area contributed by atoms with E-state index in [1.807, 2.05) is 18.2 Å². The lowest BCUT2D eigenvalue weighted by Crippen LogP contribution is -2.41. The second kappa shape index (κ2) is 10.5. The fraction of sp³-hybridized carbons (Fsp3) is 0.458. The van der Waals surface area contributed by atoms with Crippen molar-refractivity contribution in [1.82, 2.24) is 14.2 Å². The number of sulfonamides is 1. The summed E-state index contributed by atoms with van der Waals surface area (Å²) in [5.74, 6) is 0.375. The minimum Gasteiger partial charge on any atom is -0.490 e. The molecule has 0 spiro atoms. The van der Waals surface area contributed by atoms with E-state index in [1.165, 1.54) is 9.87 Å². The number of aromatic nitrogens is 1. The first-order valence-electron chi connectivity index (χ1n) is 11.3. The molecule has 3 heterocycles. The third-order valence-electron chi connectivity index (χ3n) is 6.34. The maximum atomic E-state index is 12.1. The lowest BCUT2D eigenvalue weighted by molar-refractivity contribution is 0.184. The Balaban J connectivity index is 1.31. The van der Waals surface area contributed by atoms with Crippen LogP contribution >= 0.6 is 0 Å².